The highest BCUT2D eigenvalue weighted by atomic mass is 16.2. The Labute approximate surface area is 147 Å². The fourth-order valence-electron chi connectivity index (χ4n) is 4.51. The van der Waals surface area contributed by atoms with E-state index in [1.165, 1.54) is 4.90 Å². The largest absolute Gasteiger partial charge is 0.352 e. The molecule has 1 heterocycles. The zero-order valence-corrected chi connectivity index (χ0v) is 14.3. The van der Waals surface area contributed by atoms with Gasteiger partial charge in [-0.1, -0.05) is 29.8 Å². The molecule has 0 aromatic heterocycles. The summed E-state index contributed by atoms with van der Waals surface area (Å²) >= 11 is 0. The second-order valence-corrected chi connectivity index (χ2v) is 7.31. The van der Waals surface area contributed by atoms with Crippen LogP contribution in [0.25, 0.3) is 0 Å². The smallest absolute Gasteiger partial charge is 0.251 e. The first-order chi connectivity index (χ1) is 12.1. The van der Waals surface area contributed by atoms with Crippen molar-refractivity contribution < 1.29 is 14.4 Å². The van der Waals surface area contributed by atoms with E-state index in [-0.39, 0.29) is 41.4 Å². The van der Waals surface area contributed by atoms with Gasteiger partial charge in [-0.25, -0.2) is 0 Å². The van der Waals surface area contributed by atoms with Crippen molar-refractivity contribution in [2.45, 2.75) is 19.8 Å². The number of aryl methyl sites for hydroxylation is 1. The molecule has 1 saturated carbocycles. The van der Waals surface area contributed by atoms with Crippen LogP contribution in [0.15, 0.2) is 36.4 Å². The molecule has 1 aromatic rings. The number of imide groups is 1. The minimum absolute atomic E-state index is 0.0168. The lowest BCUT2D eigenvalue weighted by molar-refractivity contribution is -0.140. The number of carbonyl (C=O) groups excluding carboxylic acids is 3. The first-order valence-electron chi connectivity index (χ1n) is 8.94. The Hall–Kier alpha value is -2.43. The molecule has 2 aliphatic carbocycles. The molecule has 130 valence electrons. The summed E-state index contributed by atoms with van der Waals surface area (Å²) in [6.45, 7) is 2.78. The van der Waals surface area contributed by atoms with Crippen LogP contribution in [0.3, 0.4) is 0 Å². The number of fused-ring (bicyclic) bond motifs is 5. The number of carbonyl (C=O) groups is 3. The first-order valence-corrected chi connectivity index (χ1v) is 8.94. The third kappa shape index (κ3) is 2.68. The lowest BCUT2D eigenvalue weighted by Crippen LogP contribution is -2.35. The van der Waals surface area contributed by atoms with Crippen molar-refractivity contribution in [2.24, 2.45) is 23.7 Å². The minimum atomic E-state index is -0.135. The molecule has 4 atom stereocenters. The van der Waals surface area contributed by atoms with E-state index in [4.69, 9.17) is 0 Å². The van der Waals surface area contributed by atoms with E-state index in [0.29, 0.717) is 25.1 Å². The maximum atomic E-state index is 12.6. The summed E-state index contributed by atoms with van der Waals surface area (Å²) in [4.78, 5) is 38.6. The molecule has 0 spiro atoms. The minimum Gasteiger partial charge on any atom is -0.352 e. The average molecular weight is 338 g/mol. The number of amides is 3. The molecule has 0 radical (unpaired) electrons. The van der Waals surface area contributed by atoms with Crippen molar-refractivity contribution in [2.75, 3.05) is 13.1 Å². The highest BCUT2D eigenvalue weighted by Gasteiger charge is 2.58. The summed E-state index contributed by atoms with van der Waals surface area (Å²) < 4.78 is 0. The van der Waals surface area contributed by atoms with E-state index in [0.717, 1.165) is 12.0 Å². The molecule has 2 bridgehead atoms. The van der Waals surface area contributed by atoms with Gasteiger partial charge in [-0.05, 0) is 43.7 Å². The monoisotopic (exact) mass is 338 g/mol. The fourth-order valence-corrected chi connectivity index (χ4v) is 4.51. The van der Waals surface area contributed by atoms with Gasteiger partial charge in [-0.3, -0.25) is 19.3 Å². The highest BCUT2D eigenvalue weighted by Crippen LogP contribution is 2.52. The lowest BCUT2D eigenvalue weighted by Gasteiger charge is -2.17. The van der Waals surface area contributed by atoms with Crippen molar-refractivity contribution in [3.63, 3.8) is 0 Å². The topological polar surface area (TPSA) is 66.5 Å². The molecular weight excluding hydrogens is 316 g/mol. The molecule has 4 rings (SSSR count). The Bertz CT molecular complexity index is 740. The summed E-state index contributed by atoms with van der Waals surface area (Å²) in [5, 5.41) is 2.86. The van der Waals surface area contributed by atoms with E-state index in [9.17, 15) is 14.4 Å². The number of nitrogens with one attached hydrogen (secondary N) is 1. The summed E-state index contributed by atoms with van der Waals surface area (Å²) in [6, 6.07) is 7.42. The van der Waals surface area contributed by atoms with Crippen molar-refractivity contribution in [1.29, 1.82) is 0 Å². The predicted octanol–water partition coefficient (Wildman–Crippen LogP) is 1.92. The van der Waals surface area contributed by atoms with E-state index < -0.39 is 0 Å². The Morgan fingerprint density at radius 3 is 2.48 bits per heavy atom. The van der Waals surface area contributed by atoms with Gasteiger partial charge in [0.05, 0.1) is 11.8 Å². The quantitative estimate of drug-likeness (QED) is 0.507. The maximum absolute atomic E-state index is 12.6. The molecule has 3 amide bonds. The van der Waals surface area contributed by atoms with Crippen LogP contribution in [0.1, 0.15) is 28.8 Å². The van der Waals surface area contributed by atoms with E-state index in [1.807, 2.05) is 25.1 Å². The summed E-state index contributed by atoms with van der Waals surface area (Å²) in [5.41, 5.74) is 1.67. The van der Waals surface area contributed by atoms with E-state index in [2.05, 4.69) is 17.5 Å². The van der Waals surface area contributed by atoms with Crippen molar-refractivity contribution in [3.05, 3.63) is 47.5 Å². The average Bonchev–Trinajstić information content (AvgIpc) is 3.27. The molecular formula is C20H22N2O3. The van der Waals surface area contributed by atoms with Crippen LogP contribution >= 0.6 is 0 Å². The van der Waals surface area contributed by atoms with E-state index >= 15 is 0 Å². The van der Waals surface area contributed by atoms with Gasteiger partial charge < -0.3 is 5.32 Å². The molecule has 1 saturated heterocycles. The van der Waals surface area contributed by atoms with Crippen molar-refractivity contribution in [1.82, 2.24) is 10.2 Å². The third-order valence-corrected chi connectivity index (χ3v) is 5.69. The van der Waals surface area contributed by atoms with Gasteiger partial charge in [0, 0.05) is 18.7 Å². The lowest BCUT2D eigenvalue weighted by atomic mass is 9.85. The zero-order chi connectivity index (χ0) is 17.6. The third-order valence-electron chi connectivity index (χ3n) is 5.69. The predicted molar refractivity (Wildman–Crippen MR) is 92.6 cm³/mol. The van der Waals surface area contributed by atoms with Crippen LogP contribution in [-0.2, 0) is 9.59 Å². The molecule has 3 aliphatic rings. The number of hydrogen-bond donors (Lipinski definition) is 1. The van der Waals surface area contributed by atoms with Gasteiger partial charge in [0.15, 0.2) is 0 Å². The summed E-state index contributed by atoms with van der Waals surface area (Å²) in [5.74, 6) is 0.0688. The first kappa shape index (κ1) is 16.1. The molecule has 5 heteroatoms. The Balaban J connectivity index is 1.29. The van der Waals surface area contributed by atoms with Gasteiger partial charge in [-0.15, -0.1) is 0 Å². The standard InChI is InChI=1S/C20H22N2O3/c1-12-4-2-5-15(10-12)18(23)21-8-3-9-22-19(24)16-13-6-7-14(11-13)17(16)20(22)25/h2,4-7,10,13-14,16-17H,3,8-9,11H2,1H3,(H,21,23)/t13-,14-,16-,17-/m0/s1. The summed E-state index contributed by atoms with van der Waals surface area (Å²) in [6.07, 6.45) is 5.73. The molecule has 1 N–H and O–H groups in total. The van der Waals surface area contributed by atoms with Crippen molar-refractivity contribution in [3.8, 4) is 0 Å². The maximum Gasteiger partial charge on any atom is 0.251 e. The molecule has 5 nitrogen and oxygen atoms in total. The van der Waals surface area contributed by atoms with E-state index in [1.54, 1.807) is 6.07 Å². The van der Waals surface area contributed by atoms with Gasteiger partial charge in [0.2, 0.25) is 11.8 Å². The summed E-state index contributed by atoms with van der Waals surface area (Å²) in [7, 11) is 0. The molecule has 1 aromatic carbocycles. The highest BCUT2D eigenvalue weighted by molar-refractivity contribution is 6.06. The molecule has 0 unspecified atom stereocenters. The molecule has 2 fully saturated rings. The Morgan fingerprint density at radius 1 is 1.16 bits per heavy atom. The number of nitrogens with zero attached hydrogens (tertiary/aromatic N) is 1. The number of allylic oxidation sites excluding steroid dienone is 2. The number of hydrogen-bond acceptors (Lipinski definition) is 3. The van der Waals surface area contributed by atoms with Crippen LogP contribution in [-0.4, -0.2) is 35.7 Å². The van der Waals surface area contributed by atoms with Gasteiger partial charge >= 0.3 is 0 Å². The van der Waals surface area contributed by atoms with Gasteiger partial charge in [0.25, 0.3) is 5.91 Å². The van der Waals surface area contributed by atoms with Gasteiger partial charge in [0.1, 0.15) is 0 Å². The van der Waals surface area contributed by atoms with Gasteiger partial charge in [-0.2, -0.15) is 0 Å². The number of benzene rings is 1. The van der Waals surface area contributed by atoms with Crippen LogP contribution in [0, 0.1) is 30.6 Å². The fraction of sp³-hybridized carbons (Fsp3) is 0.450. The molecule has 1 aliphatic heterocycles. The number of likely N-dealkylation sites (tertiary alicyclic amines) is 1. The second-order valence-electron chi connectivity index (χ2n) is 7.31. The Morgan fingerprint density at radius 2 is 1.84 bits per heavy atom. The van der Waals surface area contributed by atoms with Crippen LogP contribution in [0.4, 0.5) is 0 Å². The zero-order valence-electron chi connectivity index (χ0n) is 14.3. The second kappa shape index (κ2) is 6.14. The van der Waals surface area contributed by atoms with Crippen LogP contribution in [0.2, 0.25) is 0 Å². The van der Waals surface area contributed by atoms with Crippen LogP contribution in [0.5, 0.6) is 0 Å². The van der Waals surface area contributed by atoms with Crippen molar-refractivity contribution >= 4 is 17.7 Å². The molecule has 25 heavy (non-hydrogen) atoms. The van der Waals surface area contributed by atoms with Crippen LogP contribution < -0.4 is 5.32 Å². The number of rotatable bonds is 5. The SMILES string of the molecule is Cc1cccc(C(=O)NCCCN2C(=O)[C@@H]3[C@@H](C2=O)[C@H]2C=C[C@H]3C2)c1. The normalized spacial score (nSPS) is 29.4. The Kier molecular flexibility index (Phi) is 3.94.